The maximum absolute atomic E-state index is 10.5. The number of aromatic nitrogens is 1. The number of aromatic carboxylic acids is 1. The summed E-state index contributed by atoms with van der Waals surface area (Å²) in [4.78, 5) is 14.4. The number of aryl methyl sites for hydroxylation is 1. The van der Waals surface area contributed by atoms with Gasteiger partial charge in [-0.15, -0.1) is 0 Å². The molecule has 0 bridgehead atoms. The maximum Gasteiger partial charge on any atom is 0.392 e. The third kappa shape index (κ3) is 1.16. The van der Waals surface area contributed by atoms with E-state index in [1.807, 2.05) is 13.0 Å². The van der Waals surface area contributed by atoms with Gasteiger partial charge in [0.25, 0.3) is 0 Å². The number of benzene rings is 1. The van der Waals surface area contributed by atoms with E-state index in [-0.39, 0.29) is 5.89 Å². The highest BCUT2D eigenvalue weighted by atomic mass is 16.4. The van der Waals surface area contributed by atoms with Gasteiger partial charge in [-0.2, -0.15) is 0 Å². The zero-order chi connectivity index (χ0) is 9.42. The minimum atomic E-state index is -1.14. The van der Waals surface area contributed by atoms with Gasteiger partial charge in [0, 0.05) is 0 Å². The highest BCUT2D eigenvalue weighted by molar-refractivity contribution is 5.87. The molecule has 0 saturated carbocycles. The van der Waals surface area contributed by atoms with Crippen molar-refractivity contribution in [2.75, 3.05) is 0 Å². The normalized spacial score (nSPS) is 10.5. The quantitative estimate of drug-likeness (QED) is 0.721. The number of hydrogen-bond donors (Lipinski definition) is 1. The molecule has 0 unspecified atom stereocenters. The molecule has 1 N–H and O–H groups in total. The summed E-state index contributed by atoms with van der Waals surface area (Å²) in [6.07, 6.45) is 0. The van der Waals surface area contributed by atoms with Crippen LogP contribution in [0, 0.1) is 6.92 Å². The van der Waals surface area contributed by atoms with Crippen molar-refractivity contribution in [1.82, 2.24) is 4.98 Å². The third-order valence-corrected chi connectivity index (χ3v) is 1.80. The molecule has 4 heteroatoms. The van der Waals surface area contributed by atoms with Crippen LogP contribution < -0.4 is 0 Å². The zero-order valence-corrected chi connectivity index (χ0v) is 6.94. The summed E-state index contributed by atoms with van der Waals surface area (Å²) in [5.41, 5.74) is 2.03. The van der Waals surface area contributed by atoms with Crippen molar-refractivity contribution in [2.24, 2.45) is 0 Å². The van der Waals surface area contributed by atoms with E-state index in [1.165, 1.54) is 0 Å². The molecule has 0 fully saturated rings. The van der Waals surface area contributed by atoms with Crippen molar-refractivity contribution >= 4 is 17.1 Å². The van der Waals surface area contributed by atoms with Crippen molar-refractivity contribution in [3.05, 3.63) is 29.7 Å². The van der Waals surface area contributed by atoms with E-state index in [1.54, 1.807) is 12.1 Å². The highest BCUT2D eigenvalue weighted by Crippen LogP contribution is 2.18. The minimum Gasteiger partial charge on any atom is -0.474 e. The van der Waals surface area contributed by atoms with E-state index >= 15 is 0 Å². The fourth-order valence-electron chi connectivity index (χ4n) is 1.18. The number of hydrogen-bond acceptors (Lipinski definition) is 3. The Labute approximate surface area is 73.8 Å². The average molecular weight is 177 g/mol. The lowest BCUT2D eigenvalue weighted by atomic mass is 10.2. The lowest BCUT2D eigenvalue weighted by molar-refractivity contribution is 0.0656. The van der Waals surface area contributed by atoms with Crippen molar-refractivity contribution in [1.29, 1.82) is 0 Å². The van der Waals surface area contributed by atoms with Crippen molar-refractivity contribution in [2.45, 2.75) is 6.92 Å². The lowest BCUT2D eigenvalue weighted by Crippen LogP contribution is -1.94. The average Bonchev–Trinajstić information content (AvgIpc) is 2.49. The van der Waals surface area contributed by atoms with Gasteiger partial charge < -0.3 is 9.52 Å². The van der Waals surface area contributed by atoms with Crippen LogP contribution in [0.2, 0.25) is 0 Å². The Morgan fingerprint density at radius 1 is 1.54 bits per heavy atom. The largest absolute Gasteiger partial charge is 0.474 e. The molecule has 1 aromatic heterocycles. The Kier molecular flexibility index (Phi) is 1.55. The van der Waals surface area contributed by atoms with E-state index in [2.05, 4.69) is 4.98 Å². The van der Waals surface area contributed by atoms with Crippen LogP contribution in [-0.4, -0.2) is 16.1 Å². The number of para-hydroxylation sites is 1. The summed E-state index contributed by atoms with van der Waals surface area (Å²) < 4.78 is 5.00. The molecule has 0 amide bonds. The second kappa shape index (κ2) is 2.58. The van der Waals surface area contributed by atoms with Crippen LogP contribution in [0.5, 0.6) is 0 Å². The first-order chi connectivity index (χ1) is 6.18. The van der Waals surface area contributed by atoms with Crippen LogP contribution in [0.1, 0.15) is 16.2 Å². The smallest absolute Gasteiger partial charge is 0.392 e. The van der Waals surface area contributed by atoms with Crippen molar-refractivity contribution in [3.8, 4) is 0 Å². The molecule has 2 aromatic rings. The molecule has 0 spiro atoms. The molecular weight excluding hydrogens is 170 g/mol. The lowest BCUT2D eigenvalue weighted by Gasteiger charge is -1.88. The number of carboxylic acid groups (broad SMARTS) is 1. The first-order valence-electron chi connectivity index (χ1n) is 3.78. The second-order valence-electron chi connectivity index (χ2n) is 2.75. The fourth-order valence-corrected chi connectivity index (χ4v) is 1.18. The van der Waals surface area contributed by atoms with Gasteiger partial charge in [-0.3, -0.25) is 0 Å². The monoisotopic (exact) mass is 177 g/mol. The van der Waals surface area contributed by atoms with Gasteiger partial charge in [-0.1, -0.05) is 12.1 Å². The van der Waals surface area contributed by atoms with Crippen LogP contribution >= 0.6 is 0 Å². The molecule has 66 valence electrons. The fraction of sp³-hybridized carbons (Fsp3) is 0.111. The number of carboxylic acids is 1. The Bertz CT molecular complexity index is 473. The Hall–Kier alpha value is -1.84. The molecule has 4 nitrogen and oxygen atoms in total. The van der Waals surface area contributed by atoms with Crippen molar-refractivity contribution in [3.63, 3.8) is 0 Å². The van der Waals surface area contributed by atoms with Crippen molar-refractivity contribution < 1.29 is 14.3 Å². The van der Waals surface area contributed by atoms with Gasteiger partial charge in [0.2, 0.25) is 0 Å². The highest BCUT2D eigenvalue weighted by Gasteiger charge is 2.12. The molecule has 1 aromatic carbocycles. The molecule has 2 rings (SSSR count). The summed E-state index contributed by atoms with van der Waals surface area (Å²) in [6.45, 7) is 1.86. The van der Waals surface area contributed by atoms with Gasteiger partial charge in [0.1, 0.15) is 5.52 Å². The first kappa shape index (κ1) is 7.79. The molecule has 13 heavy (non-hydrogen) atoms. The van der Waals surface area contributed by atoms with E-state index < -0.39 is 5.97 Å². The number of nitrogens with zero attached hydrogens (tertiary/aromatic N) is 1. The summed E-state index contributed by atoms with van der Waals surface area (Å²) in [5, 5.41) is 8.62. The summed E-state index contributed by atoms with van der Waals surface area (Å²) >= 11 is 0. The summed E-state index contributed by atoms with van der Waals surface area (Å²) in [5.74, 6) is -1.40. The van der Waals surface area contributed by atoms with Gasteiger partial charge >= 0.3 is 11.9 Å². The Morgan fingerprint density at radius 3 is 2.92 bits per heavy atom. The molecule has 0 atom stereocenters. The van der Waals surface area contributed by atoms with Crippen LogP contribution in [0.25, 0.3) is 11.1 Å². The van der Waals surface area contributed by atoms with Gasteiger partial charge in [0.15, 0.2) is 5.58 Å². The molecule has 0 saturated heterocycles. The number of carbonyl (C=O) groups is 1. The molecule has 0 radical (unpaired) electrons. The SMILES string of the molecule is Cc1cccc2oc(C(=O)O)nc12. The Morgan fingerprint density at radius 2 is 2.31 bits per heavy atom. The number of rotatable bonds is 1. The zero-order valence-electron chi connectivity index (χ0n) is 6.94. The summed E-state index contributed by atoms with van der Waals surface area (Å²) in [6, 6.07) is 5.35. The minimum absolute atomic E-state index is 0.260. The molecular formula is C9H7NO3. The number of fused-ring (bicyclic) bond motifs is 1. The Balaban J connectivity index is 2.75. The second-order valence-corrected chi connectivity index (χ2v) is 2.75. The van der Waals surface area contributed by atoms with Crippen LogP contribution in [0.15, 0.2) is 22.6 Å². The topological polar surface area (TPSA) is 63.3 Å². The predicted octanol–water partition coefficient (Wildman–Crippen LogP) is 1.83. The predicted molar refractivity (Wildman–Crippen MR) is 45.7 cm³/mol. The third-order valence-electron chi connectivity index (χ3n) is 1.80. The van der Waals surface area contributed by atoms with E-state index in [9.17, 15) is 4.79 Å². The summed E-state index contributed by atoms with van der Waals surface area (Å²) in [7, 11) is 0. The van der Waals surface area contributed by atoms with Gasteiger partial charge in [-0.25, -0.2) is 9.78 Å². The number of oxazole rings is 1. The van der Waals surface area contributed by atoms with Crippen LogP contribution in [-0.2, 0) is 0 Å². The van der Waals surface area contributed by atoms with E-state index in [0.717, 1.165) is 5.56 Å². The molecule has 0 aliphatic heterocycles. The van der Waals surface area contributed by atoms with Crippen LogP contribution in [0.3, 0.4) is 0 Å². The first-order valence-corrected chi connectivity index (χ1v) is 3.78. The van der Waals surface area contributed by atoms with E-state index in [4.69, 9.17) is 9.52 Å². The molecule has 1 heterocycles. The molecule has 0 aliphatic carbocycles. The molecule has 0 aliphatic rings. The van der Waals surface area contributed by atoms with Gasteiger partial charge in [-0.05, 0) is 18.6 Å². The van der Waals surface area contributed by atoms with Gasteiger partial charge in [0.05, 0.1) is 0 Å². The van der Waals surface area contributed by atoms with E-state index in [0.29, 0.717) is 11.1 Å². The van der Waals surface area contributed by atoms with Crippen LogP contribution in [0.4, 0.5) is 0 Å². The maximum atomic E-state index is 10.5. The standard InChI is InChI=1S/C9H7NO3/c1-5-3-2-4-6-7(5)10-8(13-6)9(11)12/h2-4H,1H3,(H,11,12).